The highest BCUT2D eigenvalue weighted by Gasteiger charge is 2.22. The minimum atomic E-state index is -0.951. The van der Waals surface area contributed by atoms with Crippen LogP contribution in [0.5, 0.6) is 0 Å². The molecule has 5 nitrogen and oxygen atoms in total. The molecule has 2 aliphatic heterocycles. The molecule has 0 saturated carbocycles. The van der Waals surface area contributed by atoms with Crippen LogP contribution in [0.1, 0.15) is 0 Å². The van der Waals surface area contributed by atoms with Crippen molar-refractivity contribution in [3.8, 4) is 0 Å². The third-order valence-electron chi connectivity index (χ3n) is 5.18. The maximum absolute atomic E-state index is 14.0. The summed E-state index contributed by atoms with van der Waals surface area (Å²) in [6.45, 7) is 3.85. The molecule has 0 bridgehead atoms. The molecule has 2 aromatic rings. The van der Waals surface area contributed by atoms with Gasteiger partial charge < -0.3 is 19.8 Å². The molecule has 2 aromatic carbocycles. The fourth-order valence-corrected chi connectivity index (χ4v) is 3.67. The second-order valence-corrected chi connectivity index (χ2v) is 6.88. The summed E-state index contributed by atoms with van der Waals surface area (Å²) < 4.78 is 14.0. The van der Waals surface area contributed by atoms with Crippen LogP contribution in [0.3, 0.4) is 0 Å². The average molecular weight is 379 g/mol. The van der Waals surface area contributed by atoms with Gasteiger partial charge in [0, 0.05) is 44.6 Å². The van der Waals surface area contributed by atoms with E-state index in [1.54, 1.807) is 18.4 Å². The Morgan fingerprint density at radius 3 is 2.29 bits per heavy atom. The molecule has 28 heavy (non-hydrogen) atoms. The molecule has 2 aliphatic rings. The van der Waals surface area contributed by atoms with E-state index >= 15 is 0 Å². The zero-order chi connectivity index (χ0) is 19.5. The largest absolute Gasteiger partial charge is 0.478 e. The van der Waals surface area contributed by atoms with Crippen LogP contribution in [0.2, 0.25) is 0 Å². The van der Waals surface area contributed by atoms with Crippen molar-refractivity contribution >= 4 is 23.0 Å². The molecule has 0 atom stereocenters. The number of nitrogens with zero attached hydrogens (tertiary/aromatic N) is 3. The smallest absolute Gasteiger partial charge is 0.335 e. The van der Waals surface area contributed by atoms with E-state index in [0.717, 1.165) is 37.6 Å². The number of benzene rings is 2. The predicted octanol–water partition coefficient (Wildman–Crippen LogP) is 3.50. The number of para-hydroxylation sites is 1. The van der Waals surface area contributed by atoms with E-state index in [9.17, 15) is 9.18 Å². The van der Waals surface area contributed by atoms with Crippen LogP contribution < -0.4 is 14.7 Å². The number of hydrogen-bond acceptors (Lipinski definition) is 4. The van der Waals surface area contributed by atoms with Crippen molar-refractivity contribution in [1.82, 2.24) is 0 Å². The van der Waals surface area contributed by atoms with Crippen molar-refractivity contribution in [1.29, 1.82) is 0 Å². The van der Waals surface area contributed by atoms with E-state index in [1.807, 2.05) is 29.2 Å². The maximum atomic E-state index is 14.0. The van der Waals surface area contributed by atoms with Gasteiger partial charge in [-0.2, -0.15) is 0 Å². The van der Waals surface area contributed by atoms with Gasteiger partial charge in [-0.25, -0.2) is 9.18 Å². The fourth-order valence-electron chi connectivity index (χ4n) is 3.67. The molecule has 1 saturated heterocycles. The lowest BCUT2D eigenvalue weighted by molar-refractivity contribution is -0.132. The van der Waals surface area contributed by atoms with Gasteiger partial charge >= 0.3 is 5.97 Å². The summed E-state index contributed by atoms with van der Waals surface area (Å²) in [5.74, 6) is -1.25. The van der Waals surface area contributed by atoms with Crippen molar-refractivity contribution in [2.45, 2.75) is 0 Å². The molecule has 0 unspecified atom stereocenters. The van der Waals surface area contributed by atoms with E-state index in [-0.39, 0.29) is 11.4 Å². The minimum absolute atomic E-state index is 0.255. The van der Waals surface area contributed by atoms with Crippen molar-refractivity contribution < 1.29 is 14.3 Å². The number of rotatable bonds is 4. The summed E-state index contributed by atoms with van der Waals surface area (Å²) in [5, 5.41) is 9.11. The van der Waals surface area contributed by atoms with Gasteiger partial charge in [-0.05, 0) is 36.4 Å². The third kappa shape index (κ3) is 3.71. The number of anilines is 3. The lowest BCUT2D eigenvalue weighted by Crippen LogP contribution is -2.47. The monoisotopic (exact) mass is 379 g/mol. The molecule has 1 fully saturated rings. The number of carbonyl (C=O) groups is 1. The van der Waals surface area contributed by atoms with Gasteiger partial charge in [0.2, 0.25) is 0 Å². The molecule has 0 amide bonds. The van der Waals surface area contributed by atoms with Gasteiger partial charge in [-0.1, -0.05) is 24.3 Å². The third-order valence-corrected chi connectivity index (χ3v) is 5.18. The Morgan fingerprint density at radius 2 is 1.64 bits per heavy atom. The molecule has 4 rings (SSSR count). The Bertz CT molecular complexity index is 919. The number of carboxylic acid groups (broad SMARTS) is 1. The molecule has 1 N–H and O–H groups in total. The van der Waals surface area contributed by atoms with E-state index < -0.39 is 5.97 Å². The average Bonchev–Trinajstić information content (AvgIpc) is 2.74. The Morgan fingerprint density at radius 1 is 0.929 bits per heavy atom. The molecule has 144 valence electrons. The van der Waals surface area contributed by atoms with Gasteiger partial charge in [-0.15, -0.1) is 0 Å². The number of halogens is 1. The Kier molecular flexibility index (Phi) is 5.02. The Labute approximate surface area is 163 Å². The van der Waals surface area contributed by atoms with Crippen LogP contribution >= 0.6 is 0 Å². The first kappa shape index (κ1) is 18.1. The molecular formula is C22H22FN3O2. The molecule has 2 heterocycles. The van der Waals surface area contributed by atoms with E-state index in [0.29, 0.717) is 6.54 Å². The topological polar surface area (TPSA) is 47.0 Å². The molecule has 0 radical (unpaired) electrons. The summed E-state index contributed by atoms with van der Waals surface area (Å²) in [6, 6.07) is 15.1. The normalized spacial score (nSPS) is 16.9. The Hall–Kier alpha value is -3.28. The number of hydrogen-bond donors (Lipinski definition) is 1. The van der Waals surface area contributed by atoms with Gasteiger partial charge in [0.1, 0.15) is 5.82 Å². The van der Waals surface area contributed by atoms with Gasteiger partial charge in [0.15, 0.2) is 0 Å². The molecular weight excluding hydrogens is 357 g/mol. The molecule has 0 aliphatic carbocycles. The molecule has 0 spiro atoms. The SMILES string of the molecule is O=C(O)C1=CCN(c2cc(F)ccc2N2CCN(c3ccccc3)CC2)C=C1. The first-order chi connectivity index (χ1) is 13.6. The van der Waals surface area contributed by atoms with Crippen molar-refractivity contribution in [3.05, 3.63) is 78.3 Å². The minimum Gasteiger partial charge on any atom is -0.478 e. The maximum Gasteiger partial charge on any atom is 0.335 e. The number of aliphatic carboxylic acids is 1. The highest BCUT2D eigenvalue weighted by Crippen LogP contribution is 2.33. The van der Waals surface area contributed by atoms with E-state index in [2.05, 4.69) is 21.9 Å². The first-order valence-corrected chi connectivity index (χ1v) is 9.34. The predicted molar refractivity (Wildman–Crippen MR) is 109 cm³/mol. The zero-order valence-corrected chi connectivity index (χ0v) is 15.5. The van der Waals surface area contributed by atoms with E-state index in [4.69, 9.17) is 5.11 Å². The van der Waals surface area contributed by atoms with Gasteiger partial charge in [0.05, 0.1) is 16.9 Å². The second-order valence-electron chi connectivity index (χ2n) is 6.88. The Balaban J connectivity index is 1.52. The summed E-state index contributed by atoms with van der Waals surface area (Å²) in [7, 11) is 0. The lowest BCUT2D eigenvalue weighted by atomic mass is 10.1. The number of piperazine rings is 1. The standard InChI is InChI=1S/C22H22FN3O2/c23-18-6-7-20(21(16-18)25-10-8-17(9-11-25)22(27)28)26-14-12-24(13-15-26)19-4-2-1-3-5-19/h1-10,16H,11-15H2,(H,27,28). The summed E-state index contributed by atoms with van der Waals surface area (Å²) >= 11 is 0. The summed E-state index contributed by atoms with van der Waals surface area (Å²) in [5.41, 5.74) is 3.19. The van der Waals surface area contributed by atoms with Gasteiger partial charge in [-0.3, -0.25) is 0 Å². The van der Waals surface area contributed by atoms with Gasteiger partial charge in [0.25, 0.3) is 0 Å². The van der Waals surface area contributed by atoms with Crippen LogP contribution in [0, 0.1) is 5.82 Å². The molecule has 6 heteroatoms. The lowest BCUT2D eigenvalue weighted by Gasteiger charge is -2.39. The first-order valence-electron chi connectivity index (χ1n) is 9.34. The van der Waals surface area contributed by atoms with Crippen molar-refractivity contribution in [2.75, 3.05) is 47.4 Å². The van der Waals surface area contributed by atoms with Crippen LogP contribution in [0.15, 0.2) is 72.5 Å². The quantitative estimate of drug-likeness (QED) is 0.881. The number of carboxylic acids is 1. The van der Waals surface area contributed by atoms with E-state index in [1.165, 1.54) is 17.8 Å². The van der Waals surface area contributed by atoms with Crippen LogP contribution in [0.25, 0.3) is 0 Å². The second kappa shape index (κ2) is 7.76. The van der Waals surface area contributed by atoms with Crippen LogP contribution in [-0.4, -0.2) is 43.8 Å². The zero-order valence-electron chi connectivity index (χ0n) is 15.5. The summed E-state index contributed by atoms with van der Waals surface area (Å²) in [6.07, 6.45) is 4.90. The highest BCUT2D eigenvalue weighted by molar-refractivity contribution is 5.90. The highest BCUT2D eigenvalue weighted by atomic mass is 19.1. The van der Waals surface area contributed by atoms with Crippen LogP contribution in [-0.2, 0) is 4.79 Å². The fraction of sp³-hybridized carbons (Fsp3) is 0.227. The van der Waals surface area contributed by atoms with Crippen molar-refractivity contribution in [2.24, 2.45) is 0 Å². The van der Waals surface area contributed by atoms with Crippen LogP contribution in [0.4, 0.5) is 21.5 Å². The molecule has 0 aromatic heterocycles. The van der Waals surface area contributed by atoms with Crippen molar-refractivity contribution in [3.63, 3.8) is 0 Å². The summed E-state index contributed by atoms with van der Waals surface area (Å²) in [4.78, 5) is 17.6.